The van der Waals surface area contributed by atoms with Crippen LogP contribution in [-0.2, 0) is 23.8 Å². The molecule has 4 saturated carbocycles. The Hall–Kier alpha value is -1.08. The number of ketones is 2. The smallest absolute Gasteiger partial charge is 0.213 e. The third-order valence-electron chi connectivity index (χ3n) is 9.39. The maximum atomic E-state index is 13.9. The highest BCUT2D eigenvalue weighted by atomic mass is 16.8. The molecule has 8 atom stereocenters. The van der Waals surface area contributed by atoms with E-state index in [0.29, 0.717) is 12.0 Å². The van der Waals surface area contributed by atoms with Crippen LogP contribution in [0.1, 0.15) is 53.4 Å². The normalized spacial score (nSPS) is 56.2. The first kappa shape index (κ1) is 18.7. The Balaban J connectivity index is 1.69. The van der Waals surface area contributed by atoms with Crippen molar-refractivity contribution in [3.8, 4) is 0 Å². The number of rotatable bonds is 0. The molecule has 6 heteroatoms. The maximum Gasteiger partial charge on any atom is 0.213 e. The molecule has 3 spiro atoms. The fourth-order valence-corrected chi connectivity index (χ4v) is 8.61. The maximum absolute atomic E-state index is 13.9. The largest absolute Gasteiger partial charge is 0.387 e. The molecule has 7 rings (SSSR count). The predicted molar refractivity (Wildman–Crippen MR) is 101 cm³/mol. The molecular formula is C23H30O6. The molecule has 3 heterocycles. The van der Waals surface area contributed by atoms with E-state index in [1.54, 1.807) is 0 Å². The van der Waals surface area contributed by atoms with E-state index >= 15 is 0 Å². The van der Waals surface area contributed by atoms with Crippen molar-refractivity contribution in [1.82, 2.24) is 0 Å². The summed E-state index contributed by atoms with van der Waals surface area (Å²) in [5.74, 6) is -3.20. The van der Waals surface area contributed by atoms with Crippen molar-refractivity contribution in [3.63, 3.8) is 0 Å². The third-order valence-corrected chi connectivity index (χ3v) is 9.39. The van der Waals surface area contributed by atoms with Gasteiger partial charge in [0.05, 0.1) is 18.1 Å². The molecule has 4 aliphatic carbocycles. The summed E-state index contributed by atoms with van der Waals surface area (Å²) in [5, 5.41) is 11.9. The molecule has 3 unspecified atom stereocenters. The molecular weight excluding hydrogens is 372 g/mol. The summed E-state index contributed by atoms with van der Waals surface area (Å²) >= 11 is 0. The molecule has 0 aromatic heterocycles. The number of hydrogen-bond acceptors (Lipinski definition) is 6. The van der Waals surface area contributed by atoms with Crippen LogP contribution in [0.5, 0.6) is 0 Å². The molecule has 0 aromatic rings. The Morgan fingerprint density at radius 1 is 1.14 bits per heavy atom. The molecule has 0 aromatic carbocycles. The molecule has 4 bridgehead atoms. The van der Waals surface area contributed by atoms with Gasteiger partial charge in [0.1, 0.15) is 17.3 Å². The van der Waals surface area contributed by atoms with E-state index in [4.69, 9.17) is 14.2 Å². The van der Waals surface area contributed by atoms with Gasteiger partial charge in [-0.3, -0.25) is 9.59 Å². The Kier molecular flexibility index (Phi) is 3.14. The summed E-state index contributed by atoms with van der Waals surface area (Å²) in [7, 11) is 0. The first-order valence-corrected chi connectivity index (χ1v) is 10.9. The van der Waals surface area contributed by atoms with Crippen molar-refractivity contribution in [2.24, 2.45) is 34.0 Å². The molecule has 0 radical (unpaired) electrons. The van der Waals surface area contributed by atoms with Crippen LogP contribution >= 0.6 is 0 Å². The van der Waals surface area contributed by atoms with E-state index in [9.17, 15) is 14.7 Å². The summed E-state index contributed by atoms with van der Waals surface area (Å²) in [5.41, 5.74) is -1.79. The van der Waals surface area contributed by atoms with Crippen LogP contribution in [0, 0.1) is 34.0 Å². The van der Waals surface area contributed by atoms with Gasteiger partial charge >= 0.3 is 0 Å². The summed E-state index contributed by atoms with van der Waals surface area (Å²) < 4.78 is 19.2. The van der Waals surface area contributed by atoms with Gasteiger partial charge in [0, 0.05) is 18.3 Å². The second-order valence-corrected chi connectivity index (χ2v) is 11.3. The number of hydrogen-bond donors (Lipinski definition) is 1. The molecule has 7 aliphatic rings. The van der Waals surface area contributed by atoms with Crippen molar-refractivity contribution < 1.29 is 28.9 Å². The molecule has 1 N–H and O–H groups in total. The van der Waals surface area contributed by atoms with Crippen LogP contribution in [0.3, 0.4) is 0 Å². The molecule has 3 saturated heterocycles. The number of ether oxygens (including phenoxy) is 3. The predicted octanol–water partition coefficient (Wildman–Crippen LogP) is 2.38. The third kappa shape index (κ3) is 1.64. The van der Waals surface area contributed by atoms with Crippen LogP contribution in [0.2, 0.25) is 0 Å². The van der Waals surface area contributed by atoms with E-state index in [2.05, 4.69) is 20.4 Å². The Labute approximate surface area is 171 Å². The molecule has 0 amide bonds. The van der Waals surface area contributed by atoms with Gasteiger partial charge in [0.15, 0.2) is 11.6 Å². The van der Waals surface area contributed by atoms with Crippen molar-refractivity contribution in [3.05, 3.63) is 12.2 Å². The molecule has 6 nitrogen and oxygen atoms in total. The molecule has 7 fully saturated rings. The number of aliphatic hydroxyl groups excluding tert-OH is 1. The number of fused-ring (bicyclic) bond motifs is 1. The minimum Gasteiger partial charge on any atom is -0.387 e. The van der Waals surface area contributed by atoms with Gasteiger partial charge in [0.25, 0.3) is 0 Å². The summed E-state index contributed by atoms with van der Waals surface area (Å²) in [6.07, 6.45) is 1.12. The zero-order chi connectivity index (χ0) is 20.8. The van der Waals surface area contributed by atoms with Gasteiger partial charge in [0.2, 0.25) is 5.79 Å². The summed E-state index contributed by atoms with van der Waals surface area (Å²) in [4.78, 5) is 27.5. The lowest BCUT2D eigenvalue weighted by Gasteiger charge is -2.76. The van der Waals surface area contributed by atoms with Gasteiger partial charge in [-0.15, -0.1) is 0 Å². The van der Waals surface area contributed by atoms with E-state index in [-0.39, 0.29) is 41.3 Å². The molecule has 29 heavy (non-hydrogen) atoms. The van der Waals surface area contributed by atoms with Gasteiger partial charge in [-0.05, 0) is 50.0 Å². The minimum atomic E-state index is -1.50. The highest BCUT2D eigenvalue weighted by Crippen LogP contribution is 2.78. The second kappa shape index (κ2) is 4.87. The number of aliphatic hydroxyl groups is 1. The zero-order valence-electron chi connectivity index (χ0n) is 17.6. The highest BCUT2D eigenvalue weighted by molar-refractivity contribution is 6.06. The standard InChI is InChI=1S/C23H30O6/c1-11-12-6-7-13-21-10-27-23(17(26)15(21)19(2,3)9-8-14(21)24)22(13,16(11)25)18(12)28-20(4,5)29-23/h12-13,15,17-18,26H,1,6-10H2,2-5H3/t12-,13?,15?,17-,18+,21+,22-,23?/m0/s1. The Morgan fingerprint density at radius 3 is 2.59 bits per heavy atom. The van der Waals surface area contributed by atoms with Gasteiger partial charge in [-0.25, -0.2) is 0 Å². The van der Waals surface area contributed by atoms with Crippen LogP contribution in [0.15, 0.2) is 12.2 Å². The molecule has 3 aliphatic heterocycles. The summed E-state index contributed by atoms with van der Waals surface area (Å²) in [6.45, 7) is 12.2. The number of carbonyl (C=O) groups is 2. The van der Waals surface area contributed by atoms with Crippen molar-refractivity contribution >= 4 is 11.6 Å². The van der Waals surface area contributed by atoms with Crippen LogP contribution < -0.4 is 0 Å². The van der Waals surface area contributed by atoms with Crippen LogP contribution in [0.25, 0.3) is 0 Å². The van der Waals surface area contributed by atoms with Crippen molar-refractivity contribution in [2.75, 3.05) is 6.61 Å². The molecule has 158 valence electrons. The van der Waals surface area contributed by atoms with Gasteiger partial charge in [-0.1, -0.05) is 20.4 Å². The first-order chi connectivity index (χ1) is 13.5. The topological polar surface area (TPSA) is 82.1 Å². The number of carbonyl (C=O) groups excluding carboxylic acids is 2. The monoisotopic (exact) mass is 402 g/mol. The SMILES string of the molecule is C=C1C(=O)[C@@]23C4CC[C@@H]1[C@H]2OC(C)(C)OC31OC[C@]42C(=O)CCC(C)(C)C2[C@@H]1O. The lowest BCUT2D eigenvalue weighted by Crippen LogP contribution is -2.88. The van der Waals surface area contributed by atoms with E-state index in [1.165, 1.54) is 0 Å². The number of Topliss-reactive ketones (excluding diaryl/α,β-unsaturated/α-hetero) is 2. The van der Waals surface area contributed by atoms with Crippen molar-refractivity contribution in [2.45, 2.75) is 77.2 Å². The highest BCUT2D eigenvalue weighted by Gasteiger charge is 2.90. The fourth-order valence-electron chi connectivity index (χ4n) is 8.61. The van der Waals surface area contributed by atoms with Gasteiger partial charge in [-0.2, -0.15) is 0 Å². The lowest BCUT2D eigenvalue weighted by atomic mass is 9.35. The Morgan fingerprint density at radius 2 is 1.86 bits per heavy atom. The second-order valence-electron chi connectivity index (χ2n) is 11.3. The zero-order valence-corrected chi connectivity index (χ0v) is 17.6. The first-order valence-electron chi connectivity index (χ1n) is 10.9. The van der Waals surface area contributed by atoms with Crippen molar-refractivity contribution in [1.29, 1.82) is 0 Å². The average Bonchev–Trinajstić information content (AvgIpc) is 2.75. The van der Waals surface area contributed by atoms with Crippen LogP contribution in [-0.4, -0.2) is 47.1 Å². The van der Waals surface area contributed by atoms with Crippen LogP contribution in [0.4, 0.5) is 0 Å². The quantitative estimate of drug-likeness (QED) is 0.627. The van der Waals surface area contributed by atoms with E-state index in [1.807, 2.05) is 13.8 Å². The summed E-state index contributed by atoms with van der Waals surface area (Å²) in [6, 6.07) is 0. The lowest BCUT2D eigenvalue weighted by molar-refractivity contribution is -0.523. The fraction of sp³-hybridized carbons (Fsp3) is 0.826. The minimum absolute atomic E-state index is 0.115. The average molecular weight is 402 g/mol. The van der Waals surface area contributed by atoms with E-state index < -0.39 is 34.6 Å². The van der Waals surface area contributed by atoms with Gasteiger partial charge < -0.3 is 19.3 Å². The Bertz CT molecular complexity index is 875. The van der Waals surface area contributed by atoms with E-state index in [0.717, 1.165) is 19.3 Å².